The Morgan fingerprint density at radius 1 is 1.22 bits per heavy atom. The normalized spacial score (nSPS) is 19.7. The molecular weight excluding hydrogens is 344 g/mol. The molecule has 4 amide bonds. The first-order chi connectivity index (χ1) is 13.0. The van der Waals surface area contributed by atoms with E-state index in [0.29, 0.717) is 25.6 Å². The maximum Gasteiger partial charge on any atom is 0.317 e. The summed E-state index contributed by atoms with van der Waals surface area (Å²) < 4.78 is 0. The first kappa shape index (κ1) is 19.2. The number of aryl methyl sites for hydroxylation is 1. The third-order valence-electron chi connectivity index (χ3n) is 5.27. The van der Waals surface area contributed by atoms with Crippen molar-refractivity contribution in [2.75, 3.05) is 32.7 Å². The smallest absolute Gasteiger partial charge is 0.317 e. The third-order valence-corrected chi connectivity index (χ3v) is 5.27. The Morgan fingerprint density at radius 2 is 1.96 bits per heavy atom. The summed E-state index contributed by atoms with van der Waals surface area (Å²) in [5.74, 6) is 0.264. The van der Waals surface area contributed by atoms with Crippen LogP contribution in [-0.2, 0) is 16.0 Å². The molecule has 0 radical (unpaired) electrons. The molecular formula is C20H28N4O3. The molecule has 146 valence electrons. The van der Waals surface area contributed by atoms with Crippen LogP contribution in [0.5, 0.6) is 0 Å². The first-order valence-corrected chi connectivity index (χ1v) is 9.64. The van der Waals surface area contributed by atoms with Crippen LogP contribution < -0.4 is 10.6 Å². The minimum atomic E-state index is -0.565. The van der Waals surface area contributed by atoms with Crippen LogP contribution in [0.4, 0.5) is 4.79 Å². The van der Waals surface area contributed by atoms with E-state index in [1.165, 1.54) is 11.1 Å². The van der Waals surface area contributed by atoms with Gasteiger partial charge in [0, 0.05) is 19.6 Å². The molecule has 2 heterocycles. The molecule has 0 aliphatic carbocycles. The van der Waals surface area contributed by atoms with E-state index in [0.717, 1.165) is 12.8 Å². The van der Waals surface area contributed by atoms with Crippen molar-refractivity contribution in [2.45, 2.75) is 38.6 Å². The molecule has 7 nitrogen and oxygen atoms in total. The molecule has 2 saturated heterocycles. The number of benzene rings is 1. The maximum absolute atomic E-state index is 12.4. The predicted octanol–water partition coefficient (Wildman–Crippen LogP) is 1.09. The SMILES string of the molecule is CC(C)c1ccc(CCCNC(=O)N2CCN3C(=O)CNC(=O)[C@@H]3C2)cc1. The van der Waals surface area contributed by atoms with Crippen LogP contribution in [0.1, 0.15) is 37.3 Å². The fourth-order valence-electron chi connectivity index (χ4n) is 3.54. The van der Waals surface area contributed by atoms with Gasteiger partial charge in [0.15, 0.2) is 0 Å². The molecule has 0 bridgehead atoms. The second-order valence-electron chi connectivity index (χ2n) is 7.50. The van der Waals surface area contributed by atoms with Crippen LogP contribution in [0.3, 0.4) is 0 Å². The summed E-state index contributed by atoms with van der Waals surface area (Å²) in [6, 6.07) is 7.88. The second-order valence-corrected chi connectivity index (χ2v) is 7.50. The molecule has 0 unspecified atom stereocenters. The monoisotopic (exact) mass is 372 g/mol. The highest BCUT2D eigenvalue weighted by atomic mass is 16.2. The number of hydrogen-bond donors (Lipinski definition) is 2. The molecule has 2 aliphatic rings. The summed E-state index contributed by atoms with van der Waals surface area (Å²) >= 11 is 0. The number of carbonyl (C=O) groups is 3. The first-order valence-electron chi connectivity index (χ1n) is 9.64. The Labute approximate surface area is 160 Å². The second kappa shape index (κ2) is 8.41. The third kappa shape index (κ3) is 4.59. The van der Waals surface area contributed by atoms with E-state index < -0.39 is 6.04 Å². The molecule has 2 aliphatic heterocycles. The highest BCUT2D eigenvalue weighted by Gasteiger charge is 2.39. The van der Waals surface area contributed by atoms with E-state index in [4.69, 9.17) is 0 Å². The van der Waals surface area contributed by atoms with Crippen molar-refractivity contribution in [3.05, 3.63) is 35.4 Å². The van der Waals surface area contributed by atoms with Crippen LogP contribution in [0, 0.1) is 0 Å². The lowest BCUT2D eigenvalue weighted by atomic mass is 10.0. The topological polar surface area (TPSA) is 81.8 Å². The summed E-state index contributed by atoms with van der Waals surface area (Å²) in [6.45, 7) is 6.11. The highest BCUT2D eigenvalue weighted by molar-refractivity contribution is 5.95. The van der Waals surface area contributed by atoms with E-state index >= 15 is 0 Å². The summed E-state index contributed by atoms with van der Waals surface area (Å²) in [5, 5.41) is 5.51. The summed E-state index contributed by atoms with van der Waals surface area (Å²) in [6.07, 6.45) is 1.76. The quantitative estimate of drug-likeness (QED) is 0.760. The maximum atomic E-state index is 12.4. The fraction of sp³-hybridized carbons (Fsp3) is 0.550. The van der Waals surface area contributed by atoms with Gasteiger partial charge in [-0.15, -0.1) is 0 Å². The molecule has 0 saturated carbocycles. The van der Waals surface area contributed by atoms with E-state index in [1.54, 1.807) is 9.80 Å². The largest absolute Gasteiger partial charge is 0.345 e. The van der Waals surface area contributed by atoms with Gasteiger partial charge in [-0.25, -0.2) is 4.79 Å². The number of rotatable bonds is 5. The van der Waals surface area contributed by atoms with Gasteiger partial charge >= 0.3 is 6.03 Å². The van der Waals surface area contributed by atoms with Gasteiger partial charge in [-0.3, -0.25) is 9.59 Å². The van der Waals surface area contributed by atoms with E-state index in [2.05, 4.69) is 48.7 Å². The Morgan fingerprint density at radius 3 is 2.67 bits per heavy atom. The van der Waals surface area contributed by atoms with E-state index in [-0.39, 0.29) is 30.9 Å². The number of nitrogens with zero attached hydrogens (tertiary/aromatic N) is 2. The van der Waals surface area contributed by atoms with Gasteiger partial charge in [0.25, 0.3) is 0 Å². The molecule has 1 aromatic carbocycles. The van der Waals surface area contributed by atoms with Crippen molar-refractivity contribution in [1.82, 2.24) is 20.4 Å². The molecule has 2 fully saturated rings. The van der Waals surface area contributed by atoms with Gasteiger partial charge in [-0.1, -0.05) is 38.1 Å². The Bertz CT molecular complexity index is 702. The lowest BCUT2D eigenvalue weighted by Gasteiger charge is -2.42. The number of nitrogens with one attached hydrogen (secondary N) is 2. The molecule has 3 rings (SSSR count). The Kier molecular flexibility index (Phi) is 5.98. The molecule has 27 heavy (non-hydrogen) atoms. The van der Waals surface area contributed by atoms with Crippen LogP contribution >= 0.6 is 0 Å². The zero-order valence-electron chi connectivity index (χ0n) is 16.0. The average Bonchev–Trinajstić information content (AvgIpc) is 2.68. The van der Waals surface area contributed by atoms with E-state index in [1.807, 2.05) is 0 Å². The number of amides is 4. The van der Waals surface area contributed by atoms with Gasteiger partial charge in [0.1, 0.15) is 6.04 Å². The fourth-order valence-corrected chi connectivity index (χ4v) is 3.54. The van der Waals surface area contributed by atoms with Crippen LogP contribution in [0.25, 0.3) is 0 Å². The number of fused-ring (bicyclic) bond motifs is 1. The Balaban J connectivity index is 1.42. The zero-order chi connectivity index (χ0) is 19.4. The van der Waals surface area contributed by atoms with Crippen LogP contribution in [-0.4, -0.2) is 66.4 Å². The van der Waals surface area contributed by atoms with Crippen molar-refractivity contribution in [3.8, 4) is 0 Å². The molecule has 0 spiro atoms. The summed E-state index contributed by atoms with van der Waals surface area (Å²) in [4.78, 5) is 39.4. The molecule has 1 aromatic rings. The number of hydrogen-bond acceptors (Lipinski definition) is 3. The van der Waals surface area contributed by atoms with Crippen molar-refractivity contribution >= 4 is 17.8 Å². The minimum absolute atomic E-state index is 0.0552. The van der Waals surface area contributed by atoms with Gasteiger partial charge < -0.3 is 20.4 Å². The van der Waals surface area contributed by atoms with Crippen molar-refractivity contribution < 1.29 is 14.4 Å². The van der Waals surface area contributed by atoms with Gasteiger partial charge in [0.05, 0.1) is 13.1 Å². The summed E-state index contributed by atoms with van der Waals surface area (Å²) in [7, 11) is 0. The molecule has 0 aromatic heterocycles. The lowest BCUT2D eigenvalue weighted by Crippen LogP contribution is -2.67. The number of piperazine rings is 2. The number of urea groups is 1. The molecule has 2 N–H and O–H groups in total. The van der Waals surface area contributed by atoms with Crippen molar-refractivity contribution in [2.24, 2.45) is 0 Å². The Hall–Kier alpha value is -2.57. The summed E-state index contributed by atoms with van der Waals surface area (Å²) in [5.41, 5.74) is 2.59. The standard InChI is InChI=1S/C20H28N4O3/c1-14(2)16-7-5-15(6-8-16)4-3-9-21-20(27)23-10-11-24-17(13-23)19(26)22-12-18(24)25/h5-8,14,17H,3-4,9-13H2,1-2H3,(H,21,27)(H,22,26)/t17-/m0/s1. The van der Waals surface area contributed by atoms with Gasteiger partial charge in [-0.2, -0.15) is 0 Å². The average molecular weight is 372 g/mol. The molecule has 7 heteroatoms. The highest BCUT2D eigenvalue weighted by Crippen LogP contribution is 2.16. The number of carbonyl (C=O) groups excluding carboxylic acids is 3. The predicted molar refractivity (Wildman–Crippen MR) is 102 cm³/mol. The van der Waals surface area contributed by atoms with Crippen LogP contribution in [0.2, 0.25) is 0 Å². The van der Waals surface area contributed by atoms with Crippen LogP contribution in [0.15, 0.2) is 24.3 Å². The zero-order valence-corrected chi connectivity index (χ0v) is 16.0. The lowest BCUT2D eigenvalue weighted by molar-refractivity contribution is -0.148. The van der Waals surface area contributed by atoms with Gasteiger partial charge in [-0.05, 0) is 29.9 Å². The van der Waals surface area contributed by atoms with Gasteiger partial charge in [0.2, 0.25) is 11.8 Å². The molecule has 1 atom stereocenters. The van der Waals surface area contributed by atoms with Crippen molar-refractivity contribution in [3.63, 3.8) is 0 Å². The van der Waals surface area contributed by atoms with Crippen molar-refractivity contribution in [1.29, 1.82) is 0 Å². The van der Waals surface area contributed by atoms with E-state index in [9.17, 15) is 14.4 Å². The minimum Gasteiger partial charge on any atom is -0.345 e.